The van der Waals surface area contributed by atoms with E-state index in [0.29, 0.717) is 18.8 Å². The van der Waals surface area contributed by atoms with E-state index in [-0.39, 0.29) is 11.6 Å². The van der Waals surface area contributed by atoms with Crippen molar-refractivity contribution >= 4 is 17.6 Å². The second-order valence-electron chi connectivity index (χ2n) is 7.23. The van der Waals surface area contributed by atoms with Gasteiger partial charge in [0, 0.05) is 37.4 Å². The number of para-hydroxylation sites is 1. The summed E-state index contributed by atoms with van der Waals surface area (Å²) in [5.41, 5.74) is 2.92. The number of hydrogen-bond donors (Lipinski definition) is 1. The molecule has 4 rings (SSSR count). The molecule has 2 heterocycles. The number of hydrogen-bond acceptors (Lipinski definition) is 5. The molecule has 1 fully saturated rings. The van der Waals surface area contributed by atoms with Crippen LogP contribution in [0.2, 0.25) is 0 Å². The highest BCUT2D eigenvalue weighted by atomic mass is 16.5. The summed E-state index contributed by atoms with van der Waals surface area (Å²) in [6.07, 6.45) is -0.857. The van der Waals surface area contributed by atoms with Crippen molar-refractivity contribution in [3.63, 3.8) is 0 Å². The smallest absolute Gasteiger partial charge is 0.357 e. The summed E-state index contributed by atoms with van der Waals surface area (Å²) in [4.78, 5) is 29.2. The van der Waals surface area contributed by atoms with Gasteiger partial charge < -0.3 is 14.5 Å². The molecule has 0 saturated carbocycles. The molecule has 0 spiro atoms. The largest absolute Gasteiger partial charge is 0.448 e. The lowest BCUT2D eigenvalue weighted by Gasteiger charge is -2.37. The predicted octanol–water partition coefficient (Wildman–Crippen LogP) is 2.97. The zero-order valence-corrected chi connectivity index (χ0v) is 16.8. The van der Waals surface area contributed by atoms with E-state index in [1.807, 2.05) is 48.5 Å². The lowest BCUT2D eigenvalue weighted by Crippen LogP contribution is -2.51. The van der Waals surface area contributed by atoms with Gasteiger partial charge in [-0.25, -0.2) is 4.79 Å². The molecular formula is C23H24N4O3. The average molecular weight is 404 g/mol. The van der Waals surface area contributed by atoms with Crippen LogP contribution in [0.4, 0.5) is 5.69 Å². The van der Waals surface area contributed by atoms with E-state index in [2.05, 4.69) is 27.2 Å². The van der Waals surface area contributed by atoms with E-state index in [1.165, 1.54) is 0 Å². The molecule has 1 aromatic heterocycles. The van der Waals surface area contributed by atoms with Crippen molar-refractivity contribution in [2.24, 2.45) is 0 Å². The van der Waals surface area contributed by atoms with Crippen molar-refractivity contribution in [2.45, 2.75) is 13.0 Å². The SMILES string of the molecule is C[C@H](OC(=O)c1cc(-c2ccccc2)n[nH]1)C(=O)N1CCN(c2ccccc2)CC1. The van der Waals surface area contributed by atoms with E-state index >= 15 is 0 Å². The third kappa shape index (κ3) is 4.35. The fourth-order valence-corrected chi connectivity index (χ4v) is 3.54. The number of amides is 1. The maximum Gasteiger partial charge on any atom is 0.357 e. The van der Waals surface area contributed by atoms with Crippen molar-refractivity contribution in [3.05, 3.63) is 72.4 Å². The number of H-pyrrole nitrogens is 1. The number of rotatable bonds is 5. The van der Waals surface area contributed by atoms with Gasteiger partial charge in [0.1, 0.15) is 5.69 Å². The minimum Gasteiger partial charge on any atom is -0.448 e. The highest BCUT2D eigenvalue weighted by Crippen LogP contribution is 2.19. The number of nitrogens with one attached hydrogen (secondary N) is 1. The van der Waals surface area contributed by atoms with Crippen LogP contribution in [0.3, 0.4) is 0 Å². The van der Waals surface area contributed by atoms with E-state index < -0.39 is 12.1 Å². The summed E-state index contributed by atoms with van der Waals surface area (Å²) in [6.45, 7) is 4.29. The lowest BCUT2D eigenvalue weighted by atomic mass is 10.1. The third-order valence-electron chi connectivity index (χ3n) is 5.21. The van der Waals surface area contributed by atoms with Gasteiger partial charge in [-0.15, -0.1) is 0 Å². The molecule has 30 heavy (non-hydrogen) atoms. The third-order valence-corrected chi connectivity index (χ3v) is 5.21. The molecule has 0 aliphatic carbocycles. The number of piperazine rings is 1. The topological polar surface area (TPSA) is 78.5 Å². The van der Waals surface area contributed by atoms with Crippen LogP contribution in [-0.2, 0) is 9.53 Å². The Balaban J connectivity index is 1.32. The maximum absolute atomic E-state index is 12.7. The Morgan fingerprint density at radius 3 is 2.27 bits per heavy atom. The molecule has 1 aliphatic heterocycles. The first-order valence-electron chi connectivity index (χ1n) is 10.0. The molecule has 3 aromatic rings. The Kier molecular flexibility index (Phi) is 5.79. The Labute approximate surface area is 175 Å². The van der Waals surface area contributed by atoms with Gasteiger partial charge in [0.2, 0.25) is 0 Å². The second kappa shape index (κ2) is 8.82. The fourth-order valence-electron chi connectivity index (χ4n) is 3.54. The van der Waals surface area contributed by atoms with Crippen molar-refractivity contribution in [1.82, 2.24) is 15.1 Å². The molecule has 7 heteroatoms. The summed E-state index contributed by atoms with van der Waals surface area (Å²) >= 11 is 0. The van der Waals surface area contributed by atoms with E-state index in [0.717, 1.165) is 24.3 Å². The molecule has 1 aliphatic rings. The number of aromatic nitrogens is 2. The summed E-state index contributed by atoms with van der Waals surface area (Å²) in [5.74, 6) is -0.771. The Morgan fingerprint density at radius 1 is 0.967 bits per heavy atom. The summed E-state index contributed by atoms with van der Waals surface area (Å²) in [5, 5.41) is 6.86. The molecule has 1 N–H and O–H groups in total. The van der Waals surface area contributed by atoms with Crippen LogP contribution < -0.4 is 4.90 Å². The maximum atomic E-state index is 12.7. The van der Waals surface area contributed by atoms with Gasteiger partial charge in [0.15, 0.2) is 6.10 Å². The highest BCUT2D eigenvalue weighted by molar-refractivity contribution is 5.91. The minimum atomic E-state index is -0.857. The van der Waals surface area contributed by atoms with Crippen LogP contribution in [0.25, 0.3) is 11.3 Å². The Morgan fingerprint density at radius 2 is 1.60 bits per heavy atom. The average Bonchev–Trinajstić information content (AvgIpc) is 3.30. The monoisotopic (exact) mass is 404 g/mol. The zero-order valence-electron chi connectivity index (χ0n) is 16.8. The number of anilines is 1. The van der Waals surface area contributed by atoms with E-state index in [4.69, 9.17) is 4.74 Å². The predicted molar refractivity (Wildman–Crippen MR) is 114 cm³/mol. The Hall–Kier alpha value is -3.61. The summed E-state index contributed by atoms with van der Waals surface area (Å²) in [7, 11) is 0. The summed E-state index contributed by atoms with van der Waals surface area (Å²) < 4.78 is 5.40. The lowest BCUT2D eigenvalue weighted by molar-refractivity contribution is -0.140. The van der Waals surface area contributed by atoms with Crippen LogP contribution in [0.5, 0.6) is 0 Å². The van der Waals surface area contributed by atoms with Gasteiger partial charge in [-0.3, -0.25) is 9.89 Å². The standard InChI is InChI=1S/C23H24N4O3/c1-17(22(28)27-14-12-26(13-15-27)19-10-6-3-7-11-19)30-23(29)21-16-20(24-25-21)18-8-4-2-5-9-18/h2-11,16-17H,12-15H2,1H3,(H,24,25)/t17-/m0/s1. The van der Waals surface area contributed by atoms with Gasteiger partial charge >= 0.3 is 5.97 Å². The second-order valence-corrected chi connectivity index (χ2v) is 7.23. The van der Waals surface area contributed by atoms with Gasteiger partial charge in [-0.1, -0.05) is 48.5 Å². The molecule has 0 radical (unpaired) electrons. The van der Waals surface area contributed by atoms with Crippen LogP contribution in [-0.4, -0.2) is 59.3 Å². The number of carbonyl (C=O) groups is 2. The van der Waals surface area contributed by atoms with Gasteiger partial charge in [0.05, 0.1) is 5.69 Å². The van der Waals surface area contributed by atoms with Gasteiger partial charge in [-0.2, -0.15) is 5.10 Å². The van der Waals surface area contributed by atoms with Crippen molar-refractivity contribution in [2.75, 3.05) is 31.1 Å². The number of aromatic amines is 1. The number of ether oxygens (including phenoxy) is 1. The van der Waals surface area contributed by atoms with Crippen LogP contribution in [0.15, 0.2) is 66.7 Å². The van der Waals surface area contributed by atoms with Crippen LogP contribution >= 0.6 is 0 Å². The molecule has 0 unspecified atom stereocenters. The van der Waals surface area contributed by atoms with Crippen molar-refractivity contribution in [3.8, 4) is 11.3 Å². The van der Waals surface area contributed by atoms with E-state index in [9.17, 15) is 9.59 Å². The van der Waals surface area contributed by atoms with Gasteiger partial charge in [0.25, 0.3) is 5.91 Å². The summed E-state index contributed by atoms with van der Waals surface area (Å²) in [6, 6.07) is 21.3. The first kappa shape index (κ1) is 19.7. The normalized spacial score (nSPS) is 15.0. The number of nitrogens with zero attached hydrogens (tertiary/aromatic N) is 3. The Bertz CT molecular complexity index is 996. The minimum absolute atomic E-state index is 0.182. The molecule has 1 saturated heterocycles. The van der Waals surface area contributed by atoms with Gasteiger partial charge in [-0.05, 0) is 25.1 Å². The van der Waals surface area contributed by atoms with Crippen molar-refractivity contribution < 1.29 is 14.3 Å². The molecule has 7 nitrogen and oxygen atoms in total. The van der Waals surface area contributed by atoms with Crippen LogP contribution in [0.1, 0.15) is 17.4 Å². The molecule has 1 amide bonds. The molecule has 1 atom stereocenters. The number of esters is 1. The number of carbonyl (C=O) groups excluding carboxylic acids is 2. The zero-order chi connectivity index (χ0) is 20.9. The number of benzene rings is 2. The highest BCUT2D eigenvalue weighted by Gasteiger charge is 2.28. The fraction of sp³-hybridized carbons (Fsp3) is 0.261. The molecule has 2 aromatic carbocycles. The van der Waals surface area contributed by atoms with Crippen LogP contribution in [0, 0.1) is 0 Å². The molecule has 0 bridgehead atoms. The van der Waals surface area contributed by atoms with Crippen molar-refractivity contribution in [1.29, 1.82) is 0 Å². The molecular weight excluding hydrogens is 380 g/mol. The molecule has 154 valence electrons. The first-order chi connectivity index (χ1) is 14.6. The quantitative estimate of drug-likeness (QED) is 0.662. The van der Waals surface area contributed by atoms with E-state index in [1.54, 1.807) is 17.9 Å². The first-order valence-corrected chi connectivity index (χ1v) is 10.0.